The first-order valence-electron chi connectivity index (χ1n) is 6.58. The van der Waals surface area contributed by atoms with E-state index in [2.05, 4.69) is 5.32 Å². The van der Waals surface area contributed by atoms with Crippen LogP contribution in [0.4, 0.5) is 8.78 Å². The average Bonchev–Trinajstić information content (AvgIpc) is 2.48. The van der Waals surface area contributed by atoms with Crippen LogP contribution in [0.1, 0.15) is 5.56 Å². The van der Waals surface area contributed by atoms with Crippen LogP contribution in [0.25, 0.3) is 0 Å². The van der Waals surface area contributed by atoms with E-state index in [0.717, 1.165) is 5.56 Å². The van der Waals surface area contributed by atoms with Gasteiger partial charge in [-0.3, -0.25) is 0 Å². The van der Waals surface area contributed by atoms with Crippen molar-refractivity contribution in [2.24, 2.45) is 0 Å². The van der Waals surface area contributed by atoms with Gasteiger partial charge in [0, 0.05) is 16.7 Å². The van der Waals surface area contributed by atoms with Gasteiger partial charge < -0.3 is 5.32 Å². The van der Waals surface area contributed by atoms with Crippen LogP contribution in [0.15, 0.2) is 47.4 Å². The van der Waals surface area contributed by atoms with Crippen molar-refractivity contribution in [2.45, 2.75) is 17.4 Å². The van der Waals surface area contributed by atoms with Crippen molar-refractivity contribution in [1.29, 1.82) is 0 Å². The smallest absolute Gasteiger partial charge is 0.141 e. The second-order valence-corrected chi connectivity index (χ2v) is 6.15. The maximum atomic E-state index is 13.6. The molecule has 0 fully saturated rings. The number of rotatable bonds is 6. The number of hydrogen-bond acceptors (Lipinski definition) is 2. The maximum Gasteiger partial charge on any atom is 0.141 e. The van der Waals surface area contributed by atoms with E-state index in [1.54, 1.807) is 24.3 Å². The summed E-state index contributed by atoms with van der Waals surface area (Å²) in [6.45, 7) is 0. The summed E-state index contributed by atoms with van der Waals surface area (Å²) in [5.41, 5.74) is 0.954. The molecule has 0 aliphatic rings. The number of likely N-dealkylation sites (N-methyl/N-ethyl adjacent to an activating group) is 1. The molecule has 2 aromatic carbocycles. The highest BCUT2D eigenvalue weighted by molar-refractivity contribution is 7.99. The lowest BCUT2D eigenvalue weighted by atomic mass is 10.1. The SMILES string of the molecule is CNC(CSc1ccccc1F)Cc1ccc(F)c(Cl)c1. The maximum absolute atomic E-state index is 13.6. The van der Waals surface area contributed by atoms with E-state index >= 15 is 0 Å². The molecule has 1 N–H and O–H groups in total. The fourth-order valence-electron chi connectivity index (χ4n) is 1.95. The highest BCUT2D eigenvalue weighted by Crippen LogP contribution is 2.23. The molecule has 0 aliphatic carbocycles. The first-order valence-corrected chi connectivity index (χ1v) is 7.95. The largest absolute Gasteiger partial charge is 0.316 e. The first-order chi connectivity index (χ1) is 10.1. The van der Waals surface area contributed by atoms with Gasteiger partial charge >= 0.3 is 0 Å². The van der Waals surface area contributed by atoms with Crippen LogP contribution in [0.2, 0.25) is 5.02 Å². The van der Waals surface area contributed by atoms with Crippen molar-refractivity contribution < 1.29 is 8.78 Å². The van der Waals surface area contributed by atoms with Crippen molar-refractivity contribution in [1.82, 2.24) is 5.32 Å². The Morgan fingerprint density at radius 2 is 1.90 bits per heavy atom. The molecule has 0 radical (unpaired) electrons. The Kier molecular flexibility index (Phi) is 6.03. The van der Waals surface area contributed by atoms with Gasteiger partial charge in [0.15, 0.2) is 0 Å². The molecule has 0 spiro atoms. The summed E-state index contributed by atoms with van der Waals surface area (Å²) >= 11 is 7.25. The minimum absolute atomic E-state index is 0.129. The summed E-state index contributed by atoms with van der Waals surface area (Å²) in [7, 11) is 1.86. The Hall–Kier alpha value is -1.10. The normalized spacial score (nSPS) is 12.4. The summed E-state index contributed by atoms with van der Waals surface area (Å²) in [6.07, 6.45) is 0.706. The van der Waals surface area contributed by atoms with Gasteiger partial charge in [-0.2, -0.15) is 0 Å². The monoisotopic (exact) mass is 327 g/mol. The zero-order valence-electron chi connectivity index (χ0n) is 11.6. The predicted octanol–water partition coefficient (Wildman–Crippen LogP) is 4.54. The van der Waals surface area contributed by atoms with Crippen LogP contribution in [-0.4, -0.2) is 18.8 Å². The van der Waals surface area contributed by atoms with Crippen LogP contribution in [-0.2, 0) is 6.42 Å². The molecule has 1 nitrogen and oxygen atoms in total. The van der Waals surface area contributed by atoms with Crippen molar-refractivity contribution in [3.05, 3.63) is 64.7 Å². The Morgan fingerprint density at radius 3 is 2.57 bits per heavy atom. The van der Waals surface area contributed by atoms with E-state index in [1.807, 2.05) is 13.1 Å². The van der Waals surface area contributed by atoms with Gasteiger partial charge in [0.25, 0.3) is 0 Å². The molecule has 112 valence electrons. The molecule has 0 aromatic heterocycles. The lowest BCUT2D eigenvalue weighted by molar-refractivity contribution is 0.597. The first kappa shape index (κ1) is 16.3. The van der Waals surface area contributed by atoms with Crippen LogP contribution < -0.4 is 5.32 Å². The zero-order chi connectivity index (χ0) is 15.2. The van der Waals surface area contributed by atoms with Crippen LogP contribution in [0.5, 0.6) is 0 Å². The van der Waals surface area contributed by atoms with Crippen molar-refractivity contribution in [3.63, 3.8) is 0 Å². The molecule has 21 heavy (non-hydrogen) atoms. The van der Waals surface area contributed by atoms with E-state index in [4.69, 9.17) is 11.6 Å². The molecule has 0 saturated carbocycles. The van der Waals surface area contributed by atoms with E-state index in [-0.39, 0.29) is 16.9 Å². The van der Waals surface area contributed by atoms with Gasteiger partial charge in [-0.05, 0) is 43.3 Å². The van der Waals surface area contributed by atoms with Crippen LogP contribution in [0.3, 0.4) is 0 Å². The van der Waals surface area contributed by atoms with E-state index in [0.29, 0.717) is 17.1 Å². The Balaban J connectivity index is 1.97. The molecular formula is C16H16ClF2NS. The van der Waals surface area contributed by atoms with E-state index < -0.39 is 5.82 Å². The van der Waals surface area contributed by atoms with E-state index in [1.165, 1.54) is 23.9 Å². The predicted molar refractivity (Wildman–Crippen MR) is 85.1 cm³/mol. The van der Waals surface area contributed by atoms with Gasteiger partial charge in [0.2, 0.25) is 0 Å². The number of nitrogens with one attached hydrogen (secondary N) is 1. The zero-order valence-corrected chi connectivity index (χ0v) is 13.1. The van der Waals surface area contributed by atoms with Gasteiger partial charge in [-0.1, -0.05) is 29.8 Å². The molecule has 0 heterocycles. The van der Waals surface area contributed by atoms with Gasteiger partial charge in [0.1, 0.15) is 11.6 Å². The molecule has 2 aromatic rings. The van der Waals surface area contributed by atoms with E-state index in [9.17, 15) is 8.78 Å². The molecule has 1 unspecified atom stereocenters. The average molecular weight is 328 g/mol. The topological polar surface area (TPSA) is 12.0 Å². The Bertz CT molecular complexity index is 607. The highest BCUT2D eigenvalue weighted by Gasteiger charge is 2.11. The fraction of sp³-hybridized carbons (Fsp3) is 0.250. The number of benzene rings is 2. The highest BCUT2D eigenvalue weighted by atomic mass is 35.5. The van der Waals surface area contributed by atoms with Crippen LogP contribution >= 0.6 is 23.4 Å². The second-order valence-electron chi connectivity index (χ2n) is 4.68. The lowest BCUT2D eigenvalue weighted by Crippen LogP contribution is -2.30. The summed E-state index contributed by atoms with van der Waals surface area (Å²) in [4.78, 5) is 0.634. The Labute approximate surface area is 132 Å². The van der Waals surface area contributed by atoms with Gasteiger partial charge in [-0.15, -0.1) is 11.8 Å². The molecule has 5 heteroatoms. The van der Waals surface area contributed by atoms with Crippen molar-refractivity contribution in [3.8, 4) is 0 Å². The molecule has 0 aliphatic heterocycles. The Morgan fingerprint density at radius 1 is 1.14 bits per heavy atom. The molecule has 1 atom stereocenters. The van der Waals surface area contributed by atoms with Crippen LogP contribution in [0, 0.1) is 11.6 Å². The summed E-state index contributed by atoms with van der Waals surface area (Å²) in [6, 6.07) is 11.6. The standard InChI is InChI=1S/C16H16ClF2NS/c1-20-12(8-11-6-7-14(18)13(17)9-11)10-21-16-5-3-2-4-15(16)19/h2-7,9,12,20H,8,10H2,1H3. The quantitative estimate of drug-likeness (QED) is 0.782. The minimum Gasteiger partial charge on any atom is -0.316 e. The minimum atomic E-state index is -0.415. The number of hydrogen-bond donors (Lipinski definition) is 1. The third-order valence-corrected chi connectivity index (χ3v) is 4.65. The van der Waals surface area contributed by atoms with Crippen molar-refractivity contribution in [2.75, 3.05) is 12.8 Å². The molecular weight excluding hydrogens is 312 g/mol. The molecule has 2 rings (SSSR count). The van der Waals surface area contributed by atoms with Gasteiger partial charge in [0.05, 0.1) is 5.02 Å². The summed E-state index contributed by atoms with van der Waals surface area (Å²) < 4.78 is 26.7. The third-order valence-electron chi connectivity index (χ3n) is 3.15. The number of halogens is 3. The molecule has 0 bridgehead atoms. The second kappa shape index (κ2) is 7.78. The fourth-order valence-corrected chi connectivity index (χ4v) is 3.20. The van der Waals surface area contributed by atoms with Gasteiger partial charge in [-0.25, -0.2) is 8.78 Å². The molecule has 0 saturated heterocycles. The third kappa shape index (κ3) is 4.70. The number of thioether (sulfide) groups is 1. The molecule has 0 amide bonds. The van der Waals surface area contributed by atoms with Crippen molar-refractivity contribution >= 4 is 23.4 Å². The summed E-state index contributed by atoms with van der Waals surface area (Å²) in [5.74, 6) is 0.0937. The summed E-state index contributed by atoms with van der Waals surface area (Å²) in [5, 5.41) is 3.32. The lowest BCUT2D eigenvalue weighted by Gasteiger charge is -2.16.